The molecule has 2 aromatic heterocycles. The second-order valence-electron chi connectivity index (χ2n) is 6.15. The topological polar surface area (TPSA) is 93.4 Å². The van der Waals surface area contributed by atoms with Crippen LogP contribution >= 0.6 is 0 Å². The van der Waals surface area contributed by atoms with E-state index in [0.717, 1.165) is 5.56 Å². The van der Waals surface area contributed by atoms with Gasteiger partial charge in [0.05, 0.1) is 18.2 Å². The molecule has 0 aliphatic carbocycles. The second kappa shape index (κ2) is 7.45. The summed E-state index contributed by atoms with van der Waals surface area (Å²) in [6.07, 6.45) is 3.36. The minimum absolute atomic E-state index is 0.0426. The third kappa shape index (κ3) is 3.59. The monoisotopic (exact) mass is 365 g/mol. The number of carbonyl (C=O) groups is 1. The van der Waals surface area contributed by atoms with Gasteiger partial charge in [-0.05, 0) is 31.2 Å². The number of hydrogen-bond donors (Lipinski definition) is 1. The first kappa shape index (κ1) is 17.0. The fraction of sp³-hybridized carbons (Fsp3) is 0.263. The third-order valence-electron chi connectivity index (χ3n) is 4.33. The highest BCUT2D eigenvalue weighted by Gasteiger charge is 2.36. The molecule has 4 rings (SSSR count). The molecule has 0 atom stereocenters. The molecule has 1 aliphatic rings. The molecule has 1 fully saturated rings. The normalized spacial score (nSPS) is 13.9. The van der Waals surface area contributed by atoms with Gasteiger partial charge in [-0.3, -0.25) is 4.98 Å². The number of para-hydroxylation sites is 2. The van der Waals surface area contributed by atoms with Crippen molar-refractivity contribution in [3.63, 3.8) is 0 Å². The van der Waals surface area contributed by atoms with Crippen molar-refractivity contribution in [3.8, 4) is 17.1 Å². The Morgan fingerprint density at radius 3 is 2.81 bits per heavy atom. The van der Waals surface area contributed by atoms with Crippen LogP contribution in [0.1, 0.15) is 18.7 Å². The minimum Gasteiger partial charge on any atom is -0.492 e. The van der Waals surface area contributed by atoms with Crippen LogP contribution in [-0.4, -0.2) is 45.8 Å². The Morgan fingerprint density at radius 2 is 2.04 bits per heavy atom. The zero-order chi connectivity index (χ0) is 18.6. The molecule has 1 N–H and O–H groups in total. The van der Waals surface area contributed by atoms with Crippen LogP contribution < -0.4 is 10.1 Å². The molecular formula is C19H19N5O3. The van der Waals surface area contributed by atoms with Crippen molar-refractivity contribution < 1.29 is 14.1 Å². The largest absolute Gasteiger partial charge is 0.492 e. The van der Waals surface area contributed by atoms with Crippen LogP contribution in [0.15, 0.2) is 53.3 Å². The van der Waals surface area contributed by atoms with Gasteiger partial charge >= 0.3 is 6.03 Å². The van der Waals surface area contributed by atoms with Crippen LogP contribution in [-0.2, 0) is 0 Å². The molecule has 0 radical (unpaired) electrons. The number of nitrogens with zero attached hydrogens (tertiary/aromatic N) is 4. The van der Waals surface area contributed by atoms with Gasteiger partial charge in [0.25, 0.3) is 0 Å². The Kier molecular flexibility index (Phi) is 4.69. The molecule has 0 bridgehead atoms. The van der Waals surface area contributed by atoms with Crippen molar-refractivity contribution in [3.05, 3.63) is 54.7 Å². The Balaban J connectivity index is 1.36. The van der Waals surface area contributed by atoms with E-state index in [1.807, 2.05) is 43.3 Å². The van der Waals surface area contributed by atoms with Crippen LogP contribution in [0.25, 0.3) is 11.4 Å². The smallest absolute Gasteiger partial charge is 0.321 e. The van der Waals surface area contributed by atoms with Crippen LogP contribution in [0.2, 0.25) is 0 Å². The number of amides is 2. The fourth-order valence-electron chi connectivity index (χ4n) is 2.87. The maximum atomic E-state index is 12.4. The minimum atomic E-state index is -0.174. The van der Waals surface area contributed by atoms with Crippen molar-refractivity contribution in [2.75, 3.05) is 25.0 Å². The summed E-state index contributed by atoms with van der Waals surface area (Å²) in [6, 6.07) is 10.9. The summed E-state index contributed by atoms with van der Waals surface area (Å²) in [5, 5.41) is 6.90. The van der Waals surface area contributed by atoms with Crippen LogP contribution in [0.5, 0.6) is 5.75 Å². The van der Waals surface area contributed by atoms with Gasteiger partial charge in [0.15, 0.2) is 0 Å². The highest BCUT2D eigenvalue weighted by molar-refractivity contribution is 5.91. The molecule has 1 saturated heterocycles. The number of benzene rings is 1. The van der Waals surface area contributed by atoms with E-state index in [1.54, 1.807) is 17.3 Å². The number of likely N-dealkylation sites (tertiary alicyclic amines) is 1. The molecule has 2 amide bonds. The van der Waals surface area contributed by atoms with Crippen molar-refractivity contribution in [1.29, 1.82) is 0 Å². The molecule has 3 heterocycles. The lowest BCUT2D eigenvalue weighted by atomic mass is 10.0. The predicted octanol–water partition coefficient (Wildman–Crippen LogP) is 3.16. The first-order valence-corrected chi connectivity index (χ1v) is 8.76. The van der Waals surface area contributed by atoms with E-state index in [1.165, 1.54) is 0 Å². The summed E-state index contributed by atoms with van der Waals surface area (Å²) < 4.78 is 10.9. The lowest BCUT2D eigenvalue weighted by Gasteiger charge is -2.36. The molecule has 8 heteroatoms. The average Bonchev–Trinajstić information content (AvgIpc) is 3.13. The Hall–Kier alpha value is -3.42. The van der Waals surface area contributed by atoms with E-state index in [0.29, 0.717) is 42.8 Å². The lowest BCUT2D eigenvalue weighted by molar-refractivity contribution is 0.147. The van der Waals surface area contributed by atoms with E-state index in [9.17, 15) is 4.79 Å². The highest BCUT2D eigenvalue weighted by atomic mass is 16.5. The summed E-state index contributed by atoms with van der Waals surface area (Å²) in [6.45, 7) is 3.50. The van der Waals surface area contributed by atoms with E-state index in [4.69, 9.17) is 9.26 Å². The van der Waals surface area contributed by atoms with E-state index >= 15 is 0 Å². The van der Waals surface area contributed by atoms with E-state index in [2.05, 4.69) is 20.4 Å². The van der Waals surface area contributed by atoms with E-state index in [-0.39, 0.29) is 11.9 Å². The summed E-state index contributed by atoms with van der Waals surface area (Å²) >= 11 is 0. The standard InChI is InChI=1S/C19H19N5O3/c1-2-26-16-6-4-3-5-15(16)21-19(25)24-11-14(12-24)18-22-17(23-27-18)13-7-9-20-10-8-13/h3-10,14H,2,11-12H2,1H3,(H,21,25). The molecule has 0 unspecified atom stereocenters. The van der Waals surface area contributed by atoms with E-state index < -0.39 is 0 Å². The second-order valence-corrected chi connectivity index (χ2v) is 6.15. The number of hydrogen-bond acceptors (Lipinski definition) is 6. The Bertz CT molecular complexity index is 922. The first-order valence-electron chi connectivity index (χ1n) is 8.76. The molecule has 138 valence electrons. The van der Waals surface area contributed by atoms with Gasteiger partial charge in [-0.25, -0.2) is 4.79 Å². The molecule has 1 aliphatic heterocycles. The van der Waals surface area contributed by atoms with Gasteiger partial charge in [-0.15, -0.1) is 0 Å². The van der Waals surface area contributed by atoms with Gasteiger partial charge in [-0.1, -0.05) is 17.3 Å². The third-order valence-corrected chi connectivity index (χ3v) is 4.33. The SMILES string of the molecule is CCOc1ccccc1NC(=O)N1CC(c2nc(-c3ccncc3)no2)C1. The molecule has 27 heavy (non-hydrogen) atoms. The molecule has 1 aromatic carbocycles. The number of anilines is 1. The van der Waals surface area contributed by atoms with Crippen molar-refractivity contribution in [1.82, 2.24) is 20.0 Å². The van der Waals surface area contributed by atoms with Gasteiger partial charge in [0.1, 0.15) is 5.75 Å². The van der Waals surface area contributed by atoms with Crippen molar-refractivity contribution in [2.45, 2.75) is 12.8 Å². The number of pyridine rings is 1. The van der Waals surface area contributed by atoms with Gasteiger partial charge < -0.3 is 19.5 Å². The van der Waals surface area contributed by atoms with Gasteiger partial charge in [0, 0.05) is 31.0 Å². The summed E-state index contributed by atoms with van der Waals surface area (Å²) in [7, 11) is 0. The number of ether oxygens (including phenoxy) is 1. The highest BCUT2D eigenvalue weighted by Crippen LogP contribution is 2.29. The maximum Gasteiger partial charge on any atom is 0.321 e. The summed E-state index contributed by atoms with van der Waals surface area (Å²) in [5.41, 5.74) is 1.51. The molecule has 8 nitrogen and oxygen atoms in total. The Labute approximate surface area is 156 Å². The summed E-state index contributed by atoms with van der Waals surface area (Å²) in [5.74, 6) is 1.77. The molecule has 3 aromatic rings. The summed E-state index contributed by atoms with van der Waals surface area (Å²) in [4.78, 5) is 22.5. The first-order chi connectivity index (χ1) is 13.2. The number of aromatic nitrogens is 3. The van der Waals surface area contributed by atoms with Crippen molar-refractivity contribution in [2.24, 2.45) is 0 Å². The van der Waals surface area contributed by atoms with Crippen LogP contribution in [0.3, 0.4) is 0 Å². The average molecular weight is 365 g/mol. The van der Waals surface area contributed by atoms with Gasteiger partial charge in [-0.2, -0.15) is 4.98 Å². The fourth-order valence-corrected chi connectivity index (χ4v) is 2.87. The number of carbonyl (C=O) groups excluding carboxylic acids is 1. The predicted molar refractivity (Wildman–Crippen MR) is 98.5 cm³/mol. The maximum absolute atomic E-state index is 12.4. The van der Waals surface area contributed by atoms with Crippen molar-refractivity contribution >= 4 is 11.7 Å². The van der Waals surface area contributed by atoms with Crippen LogP contribution in [0, 0.1) is 0 Å². The molecule has 0 saturated carbocycles. The quantitative estimate of drug-likeness (QED) is 0.746. The number of urea groups is 1. The van der Waals surface area contributed by atoms with Crippen LogP contribution in [0.4, 0.5) is 10.5 Å². The molecule has 0 spiro atoms. The number of rotatable bonds is 5. The zero-order valence-electron chi connectivity index (χ0n) is 14.8. The Morgan fingerprint density at radius 1 is 1.26 bits per heavy atom. The number of nitrogens with one attached hydrogen (secondary N) is 1. The zero-order valence-corrected chi connectivity index (χ0v) is 14.8. The van der Waals surface area contributed by atoms with Gasteiger partial charge in [0.2, 0.25) is 11.7 Å². The lowest BCUT2D eigenvalue weighted by Crippen LogP contribution is -2.50. The molecular weight excluding hydrogens is 346 g/mol.